The molecule has 108 valence electrons. The average Bonchev–Trinajstić information content (AvgIpc) is 2.92. The Labute approximate surface area is 122 Å². The van der Waals surface area contributed by atoms with E-state index in [0.29, 0.717) is 17.8 Å². The van der Waals surface area contributed by atoms with Gasteiger partial charge in [-0.3, -0.25) is 4.79 Å². The third kappa shape index (κ3) is 1.27. The Balaban J connectivity index is 2.05. The minimum Gasteiger partial charge on any atom is -0.377 e. The van der Waals surface area contributed by atoms with Crippen molar-refractivity contribution in [3.8, 4) is 0 Å². The summed E-state index contributed by atoms with van der Waals surface area (Å²) in [6.07, 6.45) is 4.83. The lowest BCUT2D eigenvalue weighted by molar-refractivity contribution is -0.112. The van der Waals surface area contributed by atoms with Crippen LogP contribution < -0.4 is 0 Å². The van der Waals surface area contributed by atoms with Gasteiger partial charge in [0, 0.05) is 5.57 Å². The molecule has 1 heterocycles. The van der Waals surface area contributed by atoms with Gasteiger partial charge in [-0.15, -0.1) is 0 Å². The zero-order chi connectivity index (χ0) is 14.3. The van der Waals surface area contributed by atoms with Crippen LogP contribution in [0.4, 0.5) is 0 Å². The van der Waals surface area contributed by atoms with E-state index in [1.165, 1.54) is 28.3 Å². The second kappa shape index (κ2) is 3.75. The molecule has 0 bridgehead atoms. The summed E-state index contributed by atoms with van der Waals surface area (Å²) >= 11 is 0. The molecule has 0 unspecified atom stereocenters. The van der Waals surface area contributed by atoms with E-state index >= 15 is 0 Å². The van der Waals surface area contributed by atoms with Gasteiger partial charge < -0.3 is 4.74 Å². The fourth-order valence-corrected chi connectivity index (χ4v) is 7.50. The van der Waals surface area contributed by atoms with E-state index in [2.05, 4.69) is 26.6 Å². The molecule has 3 atom stereocenters. The zero-order valence-electron chi connectivity index (χ0n) is 13.0. The van der Waals surface area contributed by atoms with Gasteiger partial charge in [-0.1, -0.05) is 30.8 Å². The van der Waals surface area contributed by atoms with Crippen molar-refractivity contribution in [1.82, 2.24) is 0 Å². The number of hydrogen-bond donors (Lipinski definition) is 0. The highest BCUT2D eigenvalue weighted by atomic mass is 28.3. The van der Waals surface area contributed by atoms with Crippen LogP contribution in [0.2, 0.25) is 19.6 Å². The van der Waals surface area contributed by atoms with Gasteiger partial charge >= 0.3 is 0 Å². The Hall–Kier alpha value is -0.673. The first-order valence-corrected chi connectivity index (χ1v) is 11.5. The number of carbonyl (C=O) groups excluding carboxylic acids is 1. The maximum atomic E-state index is 13.2. The number of Topliss-reactive ketones (excluding diaryl/α,β-unsaturated/α-hetero) is 1. The lowest BCUT2D eigenvalue weighted by atomic mass is 9.63. The molecule has 0 aromatic carbocycles. The molecule has 3 aliphatic carbocycles. The standard InChI is InChI=1S/C17H24O2Si/c1-10-5-6-11-9-19-13-8-7-12-16(20(2,3)4)15(18)14(10)17(11,12)13/h11,13H,5-9H2,1-4H3/t11-,13+,17+/m0/s1. The molecule has 0 radical (unpaired) electrons. The van der Waals surface area contributed by atoms with Crippen molar-refractivity contribution in [2.24, 2.45) is 11.3 Å². The van der Waals surface area contributed by atoms with Gasteiger partial charge in [-0.2, -0.15) is 0 Å². The minimum absolute atomic E-state index is 0.0228. The molecule has 0 aromatic heterocycles. The predicted molar refractivity (Wildman–Crippen MR) is 82.2 cm³/mol. The van der Waals surface area contributed by atoms with Crippen LogP contribution in [0, 0.1) is 11.3 Å². The molecule has 0 aromatic rings. The van der Waals surface area contributed by atoms with E-state index in [0.717, 1.165) is 25.9 Å². The summed E-state index contributed by atoms with van der Waals surface area (Å²) in [6, 6.07) is 0. The molecule has 2 fully saturated rings. The molecule has 0 N–H and O–H groups in total. The van der Waals surface area contributed by atoms with E-state index in [-0.39, 0.29) is 5.41 Å². The van der Waals surface area contributed by atoms with Crippen molar-refractivity contribution in [3.05, 3.63) is 21.9 Å². The van der Waals surface area contributed by atoms with Gasteiger partial charge in [0.2, 0.25) is 0 Å². The Morgan fingerprint density at radius 1 is 1.20 bits per heavy atom. The molecule has 1 spiro atoms. The Morgan fingerprint density at radius 2 is 1.95 bits per heavy atom. The summed E-state index contributed by atoms with van der Waals surface area (Å²) in [7, 11) is -1.59. The fraction of sp³-hybridized carbons (Fsp3) is 0.706. The van der Waals surface area contributed by atoms with Crippen molar-refractivity contribution >= 4 is 13.9 Å². The molecular formula is C17H24O2Si. The number of allylic oxidation sites excluding steroid dienone is 2. The smallest absolute Gasteiger partial charge is 0.181 e. The molecular weight excluding hydrogens is 264 g/mol. The van der Waals surface area contributed by atoms with Crippen molar-refractivity contribution in [3.63, 3.8) is 0 Å². The topological polar surface area (TPSA) is 26.3 Å². The Kier molecular flexibility index (Phi) is 2.44. The van der Waals surface area contributed by atoms with Crippen molar-refractivity contribution in [1.29, 1.82) is 0 Å². The molecule has 0 amide bonds. The van der Waals surface area contributed by atoms with Gasteiger partial charge in [0.1, 0.15) is 0 Å². The van der Waals surface area contributed by atoms with Crippen LogP contribution in [0.15, 0.2) is 21.9 Å². The quantitative estimate of drug-likeness (QED) is 0.688. The molecule has 1 saturated carbocycles. The second-order valence-corrected chi connectivity index (χ2v) is 13.1. The van der Waals surface area contributed by atoms with E-state index in [1.807, 2.05) is 0 Å². The van der Waals surface area contributed by atoms with E-state index in [9.17, 15) is 4.79 Å². The summed E-state index contributed by atoms with van der Waals surface area (Å²) in [5.74, 6) is 0.984. The number of ketones is 1. The highest BCUT2D eigenvalue weighted by Crippen LogP contribution is 2.67. The van der Waals surface area contributed by atoms with Gasteiger partial charge in [-0.05, 0) is 43.7 Å². The van der Waals surface area contributed by atoms with Crippen LogP contribution in [0.1, 0.15) is 32.6 Å². The van der Waals surface area contributed by atoms with Crippen LogP contribution in [-0.2, 0) is 9.53 Å². The summed E-state index contributed by atoms with van der Waals surface area (Å²) in [5.41, 5.74) is 4.08. The monoisotopic (exact) mass is 288 g/mol. The zero-order valence-corrected chi connectivity index (χ0v) is 14.0. The van der Waals surface area contributed by atoms with Crippen molar-refractivity contribution in [2.45, 2.75) is 58.4 Å². The highest BCUT2D eigenvalue weighted by molar-refractivity contribution is 6.88. The summed E-state index contributed by atoms with van der Waals surface area (Å²) < 4.78 is 6.15. The molecule has 4 rings (SSSR count). The van der Waals surface area contributed by atoms with E-state index in [4.69, 9.17) is 4.74 Å². The summed E-state index contributed by atoms with van der Waals surface area (Å²) in [6.45, 7) is 10.0. The van der Waals surface area contributed by atoms with Crippen LogP contribution in [-0.4, -0.2) is 26.6 Å². The van der Waals surface area contributed by atoms with Crippen LogP contribution in [0.3, 0.4) is 0 Å². The summed E-state index contributed by atoms with van der Waals surface area (Å²) in [5, 5.41) is 1.26. The van der Waals surface area contributed by atoms with Gasteiger partial charge in [0.05, 0.1) is 26.2 Å². The predicted octanol–water partition coefficient (Wildman–Crippen LogP) is 3.65. The largest absolute Gasteiger partial charge is 0.377 e. The molecule has 2 nitrogen and oxygen atoms in total. The number of hydrogen-bond acceptors (Lipinski definition) is 2. The lowest BCUT2D eigenvalue weighted by Gasteiger charge is -2.38. The first kappa shape index (κ1) is 13.0. The molecule has 4 aliphatic rings. The molecule has 1 saturated heterocycles. The average molecular weight is 288 g/mol. The molecule has 3 heteroatoms. The third-order valence-electron chi connectivity index (χ3n) is 6.02. The molecule has 20 heavy (non-hydrogen) atoms. The van der Waals surface area contributed by atoms with Gasteiger partial charge in [0.25, 0.3) is 0 Å². The first-order valence-electron chi connectivity index (χ1n) is 7.99. The van der Waals surface area contributed by atoms with Crippen LogP contribution in [0.25, 0.3) is 0 Å². The Morgan fingerprint density at radius 3 is 2.65 bits per heavy atom. The molecule has 1 aliphatic heterocycles. The van der Waals surface area contributed by atoms with Crippen molar-refractivity contribution < 1.29 is 9.53 Å². The number of carbonyl (C=O) groups is 1. The third-order valence-corrected chi connectivity index (χ3v) is 8.05. The maximum Gasteiger partial charge on any atom is 0.181 e. The Bertz CT molecular complexity index is 578. The highest BCUT2D eigenvalue weighted by Gasteiger charge is 2.66. The minimum atomic E-state index is -1.59. The van der Waals surface area contributed by atoms with Crippen LogP contribution >= 0.6 is 0 Å². The van der Waals surface area contributed by atoms with E-state index in [1.54, 1.807) is 0 Å². The SMILES string of the molecule is CC1=C2C(=O)C([Si](C)(C)C)=C3CC[C@H]4OC[C@H](CC1)[C@]324. The maximum absolute atomic E-state index is 13.2. The fourth-order valence-electron chi connectivity index (χ4n) is 5.46. The van der Waals surface area contributed by atoms with Crippen LogP contribution in [0.5, 0.6) is 0 Å². The first-order chi connectivity index (χ1) is 9.38. The van der Waals surface area contributed by atoms with Gasteiger partial charge in [0.15, 0.2) is 5.78 Å². The summed E-state index contributed by atoms with van der Waals surface area (Å²) in [4.78, 5) is 13.2. The number of ether oxygens (including phenoxy) is 1. The number of rotatable bonds is 1. The normalized spacial score (nSPS) is 39.7. The lowest BCUT2D eigenvalue weighted by Crippen LogP contribution is -2.37. The van der Waals surface area contributed by atoms with Crippen molar-refractivity contribution in [2.75, 3.05) is 6.61 Å². The van der Waals surface area contributed by atoms with E-state index < -0.39 is 8.07 Å². The van der Waals surface area contributed by atoms with Gasteiger partial charge in [-0.25, -0.2) is 0 Å². The second-order valence-electron chi connectivity index (χ2n) is 8.05.